The average molecular weight is 474 g/mol. The average Bonchev–Trinajstić information content (AvgIpc) is 2.97. The highest BCUT2D eigenvalue weighted by molar-refractivity contribution is 5.96. The van der Waals surface area contributed by atoms with Crippen LogP contribution in [0.4, 0.5) is 0 Å². The molecule has 12 bridgehead atoms. The molecule has 4 heterocycles. The number of aromatic nitrogens is 3. The zero-order valence-corrected chi connectivity index (χ0v) is 20.4. The van der Waals surface area contributed by atoms with Gasteiger partial charge in [0.25, 0.3) is 0 Å². The highest BCUT2D eigenvalue weighted by Crippen LogP contribution is 2.23. The minimum atomic E-state index is 0.936. The monoisotopic (exact) mass is 473 g/mol. The lowest BCUT2D eigenvalue weighted by Crippen LogP contribution is -1.83. The first-order valence-corrected chi connectivity index (χ1v) is 12.4. The summed E-state index contributed by atoms with van der Waals surface area (Å²) in [6, 6.07) is 42.1. The first kappa shape index (κ1) is 21.4. The largest absolute Gasteiger partial charge is 0.248 e. The van der Waals surface area contributed by atoms with Crippen LogP contribution in [0.3, 0.4) is 0 Å². The molecule has 174 valence electrons. The van der Waals surface area contributed by atoms with Crippen molar-refractivity contribution in [1.82, 2.24) is 15.0 Å². The SMILES string of the molecule is Cc1cc2cc(c1)c1cccc(n1)c1cccc(c1)c1cccc(n1)c1cccc(c1)c1cccc2n1. The van der Waals surface area contributed by atoms with E-state index in [1.54, 1.807) is 0 Å². The molecule has 3 nitrogen and oxygen atoms in total. The second-order valence-electron chi connectivity index (χ2n) is 9.47. The third kappa shape index (κ3) is 4.01. The van der Waals surface area contributed by atoms with E-state index in [9.17, 15) is 0 Å². The fourth-order valence-corrected chi connectivity index (χ4v) is 5.02. The molecule has 0 saturated heterocycles. The number of nitrogens with zero attached hydrogens (tertiary/aromatic N) is 3. The molecule has 0 aliphatic rings. The van der Waals surface area contributed by atoms with Crippen molar-refractivity contribution in [3.05, 3.63) is 127 Å². The van der Waals surface area contributed by atoms with Gasteiger partial charge in [-0.2, -0.15) is 0 Å². The van der Waals surface area contributed by atoms with Gasteiger partial charge in [-0.15, -0.1) is 0 Å². The molecule has 37 heavy (non-hydrogen) atoms. The van der Waals surface area contributed by atoms with E-state index in [1.165, 1.54) is 5.56 Å². The van der Waals surface area contributed by atoms with Gasteiger partial charge in [0, 0.05) is 32.3 Å². The zero-order valence-electron chi connectivity index (χ0n) is 20.4. The van der Waals surface area contributed by atoms with Crippen molar-refractivity contribution in [2.24, 2.45) is 0 Å². The van der Waals surface area contributed by atoms with Gasteiger partial charge < -0.3 is 0 Å². The van der Waals surface area contributed by atoms with Crippen molar-refractivity contribution >= 4 is 65.4 Å². The molecule has 0 radical (unpaired) electrons. The Bertz CT molecular complexity index is 1970. The van der Waals surface area contributed by atoms with Gasteiger partial charge in [0.05, 0.1) is 33.1 Å². The number of aryl methyl sites for hydroxylation is 1. The molecule has 0 saturated carbocycles. The minimum absolute atomic E-state index is 0.936. The molecule has 0 unspecified atom stereocenters. The Morgan fingerprint density at radius 2 is 0.595 bits per heavy atom. The smallest absolute Gasteiger partial charge is 0.0709 e. The first-order chi connectivity index (χ1) is 18.2. The fourth-order valence-electron chi connectivity index (χ4n) is 5.02. The normalized spacial score (nSPS) is 11.4. The van der Waals surface area contributed by atoms with Gasteiger partial charge in [-0.1, -0.05) is 54.6 Å². The minimum Gasteiger partial charge on any atom is -0.248 e. The van der Waals surface area contributed by atoms with Crippen LogP contribution in [0.25, 0.3) is 65.4 Å². The second-order valence-corrected chi connectivity index (χ2v) is 9.47. The fraction of sp³-hybridized carbons (Fsp3) is 0.0294. The van der Waals surface area contributed by atoms with Crippen LogP contribution in [0.1, 0.15) is 5.56 Å². The second kappa shape index (κ2) is 8.65. The quantitative estimate of drug-likeness (QED) is 0.221. The van der Waals surface area contributed by atoms with E-state index >= 15 is 0 Å². The molecule has 0 spiro atoms. The van der Waals surface area contributed by atoms with Crippen molar-refractivity contribution in [2.45, 2.75) is 6.92 Å². The molecule has 0 atom stereocenters. The topological polar surface area (TPSA) is 38.7 Å². The summed E-state index contributed by atoms with van der Waals surface area (Å²) in [5.41, 5.74) is 6.81. The van der Waals surface area contributed by atoms with E-state index in [0.29, 0.717) is 0 Å². The van der Waals surface area contributed by atoms with Gasteiger partial charge >= 0.3 is 0 Å². The van der Waals surface area contributed by atoms with Crippen molar-refractivity contribution < 1.29 is 0 Å². The number of pyridine rings is 3. The van der Waals surface area contributed by atoms with Gasteiger partial charge in [-0.25, -0.2) is 15.0 Å². The third-order valence-electron chi connectivity index (χ3n) is 6.82. The molecular formula is C34H23N3. The first-order valence-electron chi connectivity index (χ1n) is 12.4. The van der Waals surface area contributed by atoms with Crippen molar-refractivity contribution in [3.8, 4) is 0 Å². The molecule has 4 aromatic heterocycles. The van der Waals surface area contributed by atoms with Crippen LogP contribution in [0.15, 0.2) is 121 Å². The Hall–Kier alpha value is -4.89. The molecule has 7 rings (SSSR count). The van der Waals surface area contributed by atoms with Gasteiger partial charge in [-0.05, 0) is 79.2 Å². The molecule has 3 aromatic carbocycles. The number of hydrogen-bond acceptors (Lipinski definition) is 3. The lowest BCUT2D eigenvalue weighted by atomic mass is 10.1. The van der Waals surface area contributed by atoms with E-state index in [0.717, 1.165) is 65.4 Å². The lowest BCUT2D eigenvalue weighted by Gasteiger charge is -2.02. The van der Waals surface area contributed by atoms with Gasteiger partial charge in [0.2, 0.25) is 0 Å². The van der Waals surface area contributed by atoms with Crippen LogP contribution < -0.4 is 0 Å². The number of hydrogen-bond donors (Lipinski definition) is 0. The van der Waals surface area contributed by atoms with E-state index in [2.05, 4.69) is 128 Å². The Balaban J connectivity index is 1.73. The molecule has 0 amide bonds. The molecule has 7 aromatic rings. The maximum absolute atomic E-state index is 5.06. The van der Waals surface area contributed by atoms with Crippen LogP contribution in [-0.4, -0.2) is 15.0 Å². The highest BCUT2D eigenvalue weighted by Gasteiger charge is 2.01. The summed E-state index contributed by atoms with van der Waals surface area (Å²) < 4.78 is 0. The highest BCUT2D eigenvalue weighted by atomic mass is 14.7. The lowest BCUT2D eigenvalue weighted by molar-refractivity contribution is 1.47. The summed E-state index contributed by atoms with van der Waals surface area (Å²) in [6.45, 7) is 2.13. The van der Waals surface area contributed by atoms with E-state index in [1.807, 2.05) is 0 Å². The number of benzene rings is 3. The number of rotatable bonds is 0. The third-order valence-corrected chi connectivity index (χ3v) is 6.82. The van der Waals surface area contributed by atoms with Crippen LogP contribution in [0, 0.1) is 6.92 Å². The van der Waals surface area contributed by atoms with Crippen LogP contribution >= 0.6 is 0 Å². The summed E-state index contributed by atoms with van der Waals surface area (Å²) in [5, 5.41) is 6.43. The summed E-state index contributed by atoms with van der Waals surface area (Å²) in [7, 11) is 0. The zero-order chi connectivity index (χ0) is 24.8. The Kier molecular flexibility index (Phi) is 5.00. The van der Waals surface area contributed by atoms with Crippen molar-refractivity contribution in [1.29, 1.82) is 0 Å². The number of fused-ring (bicyclic) bond motifs is 18. The van der Waals surface area contributed by atoms with Crippen LogP contribution in [-0.2, 0) is 0 Å². The molecular weight excluding hydrogens is 450 g/mol. The summed E-state index contributed by atoms with van der Waals surface area (Å²) in [5.74, 6) is 0. The van der Waals surface area contributed by atoms with Crippen molar-refractivity contribution in [3.63, 3.8) is 0 Å². The van der Waals surface area contributed by atoms with E-state index in [4.69, 9.17) is 15.0 Å². The Labute approximate surface area is 214 Å². The van der Waals surface area contributed by atoms with E-state index in [-0.39, 0.29) is 0 Å². The van der Waals surface area contributed by atoms with Crippen LogP contribution in [0.5, 0.6) is 0 Å². The Morgan fingerprint density at radius 3 is 0.946 bits per heavy atom. The predicted molar refractivity (Wildman–Crippen MR) is 156 cm³/mol. The van der Waals surface area contributed by atoms with Gasteiger partial charge in [0.15, 0.2) is 0 Å². The van der Waals surface area contributed by atoms with Crippen LogP contribution in [0.2, 0.25) is 0 Å². The molecule has 3 heteroatoms. The summed E-state index contributed by atoms with van der Waals surface area (Å²) in [4.78, 5) is 15.2. The summed E-state index contributed by atoms with van der Waals surface area (Å²) in [6.07, 6.45) is 0. The van der Waals surface area contributed by atoms with Gasteiger partial charge in [-0.3, -0.25) is 0 Å². The van der Waals surface area contributed by atoms with E-state index < -0.39 is 0 Å². The molecule has 0 fully saturated rings. The molecule has 0 N–H and O–H groups in total. The predicted octanol–water partition coefficient (Wildman–Crippen LogP) is 8.79. The Morgan fingerprint density at radius 1 is 0.324 bits per heavy atom. The van der Waals surface area contributed by atoms with Crippen molar-refractivity contribution in [2.75, 3.05) is 0 Å². The van der Waals surface area contributed by atoms with Gasteiger partial charge in [0.1, 0.15) is 0 Å². The molecule has 0 aliphatic carbocycles. The maximum atomic E-state index is 5.06. The maximum Gasteiger partial charge on any atom is 0.0709 e. The summed E-state index contributed by atoms with van der Waals surface area (Å²) >= 11 is 0. The molecule has 0 aliphatic heterocycles. The standard InChI is InChI=1S/C34H23N3/c1-22-17-27-21-28(18-22)34-16-6-14-32(37-34)26-10-3-8-24(20-26)30-12-4-11-29(35-30)23-7-2-9-25(19-23)31-13-5-15-33(27)36-31/h2-21H,1H3.